The van der Waals surface area contributed by atoms with Gasteiger partial charge < -0.3 is 19.9 Å². The molecule has 23 heavy (non-hydrogen) atoms. The number of benzene rings is 2. The van der Waals surface area contributed by atoms with Gasteiger partial charge in [0.1, 0.15) is 6.61 Å². The maximum absolute atomic E-state index is 8.88. The van der Waals surface area contributed by atoms with Gasteiger partial charge in [-0.05, 0) is 18.2 Å². The third kappa shape index (κ3) is 4.75. The van der Waals surface area contributed by atoms with Crippen LogP contribution in [0.4, 0.5) is 0 Å². The van der Waals surface area contributed by atoms with E-state index in [-0.39, 0.29) is 13.2 Å². The number of ether oxygens (including phenoxy) is 2. The fourth-order valence-electron chi connectivity index (χ4n) is 2.14. The van der Waals surface area contributed by atoms with Crippen LogP contribution in [0.5, 0.6) is 11.5 Å². The normalized spacial score (nSPS) is 10.6. The molecule has 0 aliphatic heterocycles. The molecule has 4 nitrogen and oxygen atoms in total. The van der Waals surface area contributed by atoms with Gasteiger partial charge in [0.2, 0.25) is 0 Å². The third-order valence-corrected chi connectivity index (χ3v) is 4.02. The number of hydrogen-bond acceptors (Lipinski definition) is 4. The molecule has 2 rings (SSSR count). The Morgan fingerprint density at radius 3 is 2.43 bits per heavy atom. The van der Waals surface area contributed by atoms with Crippen LogP contribution in [0.3, 0.4) is 0 Å². The van der Waals surface area contributed by atoms with Crippen molar-refractivity contribution in [2.24, 2.45) is 0 Å². The molecule has 0 saturated heterocycles. The standard InChI is InChI=1S/C17H19Cl2NO3/c1-22-16-7-2-4-12(10-20-8-9-21)17(16)23-11-13-14(18)5-3-6-15(13)19/h2-7,20-21H,8-11H2,1H3. The van der Waals surface area contributed by atoms with Crippen LogP contribution in [-0.4, -0.2) is 25.4 Å². The Morgan fingerprint density at radius 1 is 1.09 bits per heavy atom. The topological polar surface area (TPSA) is 50.7 Å². The van der Waals surface area contributed by atoms with Gasteiger partial charge in [-0.3, -0.25) is 0 Å². The van der Waals surface area contributed by atoms with Crippen molar-refractivity contribution >= 4 is 23.2 Å². The predicted octanol–water partition coefficient (Wildman–Crippen LogP) is 3.66. The molecule has 0 radical (unpaired) electrons. The Kier molecular flexibility index (Phi) is 6.99. The number of hydrogen-bond donors (Lipinski definition) is 2. The lowest BCUT2D eigenvalue weighted by atomic mass is 10.1. The van der Waals surface area contributed by atoms with Crippen LogP contribution in [0.15, 0.2) is 36.4 Å². The minimum absolute atomic E-state index is 0.0788. The molecule has 0 unspecified atom stereocenters. The summed E-state index contributed by atoms with van der Waals surface area (Å²) in [4.78, 5) is 0. The molecular formula is C17H19Cl2NO3. The smallest absolute Gasteiger partial charge is 0.166 e. The lowest BCUT2D eigenvalue weighted by Gasteiger charge is -2.16. The molecule has 0 amide bonds. The van der Waals surface area contributed by atoms with Crippen molar-refractivity contribution in [1.29, 1.82) is 0 Å². The molecule has 0 heterocycles. The van der Waals surface area contributed by atoms with Crippen LogP contribution >= 0.6 is 23.2 Å². The van der Waals surface area contributed by atoms with Gasteiger partial charge in [0, 0.05) is 34.3 Å². The fraction of sp³-hybridized carbons (Fsp3) is 0.294. The Morgan fingerprint density at radius 2 is 1.78 bits per heavy atom. The van der Waals surface area contributed by atoms with E-state index in [0.29, 0.717) is 34.6 Å². The number of nitrogens with one attached hydrogen (secondary N) is 1. The molecule has 2 N–H and O–H groups in total. The van der Waals surface area contributed by atoms with E-state index >= 15 is 0 Å². The molecule has 124 valence electrons. The van der Waals surface area contributed by atoms with E-state index in [1.54, 1.807) is 25.3 Å². The van der Waals surface area contributed by atoms with Crippen LogP contribution in [0, 0.1) is 0 Å². The maximum atomic E-state index is 8.88. The van der Waals surface area contributed by atoms with E-state index in [9.17, 15) is 0 Å². The number of methoxy groups -OCH3 is 1. The van der Waals surface area contributed by atoms with Gasteiger partial charge in [-0.15, -0.1) is 0 Å². The van der Waals surface area contributed by atoms with E-state index < -0.39 is 0 Å². The van der Waals surface area contributed by atoms with Crippen molar-refractivity contribution in [2.45, 2.75) is 13.2 Å². The van der Waals surface area contributed by atoms with Crippen molar-refractivity contribution in [3.8, 4) is 11.5 Å². The van der Waals surface area contributed by atoms with Gasteiger partial charge in [0.05, 0.1) is 13.7 Å². The first-order chi connectivity index (χ1) is 11.2. The zero-order valence-corrected chi connectivity index (χ0v) is 14.3. The average Bonchev–Trinajstić information content (AvgIpc) is 2.55. The number of rotatable bonds is 8. The van der Waals surface area contributed by atoms with Crippen LogP contribution in [0.25, 0.3) is 0 Å². The van der Waals surface area contributed by atoms with Gasteiger partial charge in [0.25, 0.3) is 0 Å². The van der Waals surface area contributed by atoms with Gasteiger partial charge in [-0.25, -0.2) is 0 Å². The summed E-state index contributed by atoms with van der Waals surface area (Å²) >= 11 is 12.4. The van der Waals surface area contributed by atoms with Gasteiger partial charge in [0.15, 0.2) is 11.5 Å². The second kappa shape index (κ2) is 8.99. The molecule has 2 aromatic carbocycles. The summed E-state index contributed by atoms with van der Waals surface area (Å²) in [5, 5.41) is 13.1. The quantitative estimate of drug-likeness (QED) is 0.709. The Labute approximate surface area is 145 Å². The Bertz CT molecular complexity index is 629. The van der Waals surface area contributed by atoms with Crippen molar-refractivity contribution in [3.63, 3.8) is 0 Å². The molecule has 0 bridgehead atoms. The SMILES string of the molecule is COc1cccc(CNCCO)c1OCc1c(Cl)cccc1Cl. The number of aliphatic hydroxyl groups is 1. The minimum Gasteiger partial charge on any atom is -0.493 e. The number of para-hydroxylation sites is 1. The summed E-state index contributed by atoms with van der Waals surface area (Å²) in [5.41, 5.74) is 1.66. The third-order valence-electron chi connectivity index (χ3n) is 3.31. The lowest BCUT2D eigenvalue weighted by Crippen LogP contribution is -2.18. The molecule has 2 aromatic rings. The molecule has 0 aliphatic carbocycles. The molecule has 0 atom stereocenters. The molecule has 0 aromatic heterocycles. The van der Waals surface area contributed by atoms with Crippen molar-refractivity contribution in [3.05, 3.63) is 57.6 Å². The second-order valence-corrected chi connectivity index (χ2v) is 5.65. The fourth-order valence-corrected chi connectivity index (χ4v) is 2.65. The average molecular weight is 356 g/mol. The van der Waals surface area contributed by atoms with Crippen LogP contribution < -0.4 is 14.8 Å². The number of halogens is 2. The minimum atomic E-state index is 0.0788. The number of aliphatic hydroxyl groups excluding tert-OH is 1. The summed E-state index contributed by atoms with van der Waals surface area (Å²) in [6.07, 6.45) is 0. The van der Waals surface area contributed by atoms with Gasteiger partial charge in [-0.1, -0.05) is 41.4 Å². The molecule has 0 spiro atoms. The van der Waals surface area contributed by atoms with E-state index in [1.165, 1.54) is 0 Å². The summed E-state index contributed by atoms with van der Waals surface area (Å²) < 4.78 is 11.3. The predicted molar refractivity (Wildman–Crippen MR) is 92.6 cm³/mol. The zero-order valence-electron chi connectivity index (χ0n) is 12.8. The lowest BCUT2D eigenvalue weighted by molar-refractivity contribution is 0.277. The summed E-state index contributed by atoms with van der Waals surface area (Å²) in [6.45, 7) is 1.39. The van der Waals surface area contributed by atoms with E-state index in [1.807, 2.05) is 18.2 Å². The highest BCUT2D eigenvalue weighted by Crippen LogP contribution is 2.33. The van der Waals surface area contributed by atoms with Crippen molar-refractivity contribution in [2.75, 3.05) is 20.3 Å². The Balaban J connectivity index is 2.20. The van der Waals surface area contributed by atoms with E-state index in [2.05, 4.69) is 5.32 Å². The second-order valence-electron chi connectivity index (χ2n) is 4.84. The molecule has 0 aliphatic rings. The summed E-state index contributed by atoms with van der Waals surface area (Å²) in [7, 11) is 1.59. The zero-order chi connectivity index (χ0) is 16.7. The van der Waals surface area contributed by atoms with Crippen molar-refractivity contribution in [1.82, 2.24) is 5.32 Å². The maximum Gasteiger partial charge on any atom is 0.166 e. The van der Waals surface area contributed by atoms with Gasteiger partial charge >= 0.3 is 0 Å². The van der Waals surface area contributed by atoms with Crippen LogP contribution in [0.1, 0.15) is 11.1 Å². The highest BCUT2D eigenvalue weighted by molar-refractivity contribution is 6.35. The molecule has 0 fully saturated rings. The summed E-state index contributed by atoms with van der Waals surface area (Å²) in [6, 6.07) is 11.0. The highest BCUT2D eigenvalue weighted by Gasteiger charge is 2.13. The molecular weight excluding hydrogens is 337 g/mol. The van der Waals surface area contributed by atoms with E-state index in [4.69, 9.17) is 37.8 Å². The van der Waals surface area contributed by atoms with Gasteiger partial charge in [-0.2, -0.15) is 0 Å². The molecule has 0 saturated carbocycles. The first-order valence-electron chi connectivity index (χ1n) is 7.20. The monoisotopic (exact) mass is 355 g/mol. The first-order valence-corrected chi connectivity index (χ1v) is 7.96. The first kappa shape index (κ1) is 17.9. The Hall–Kier alpha value is -1.46. The van der Waals surface area contributed by atoms with Crippen molar-refractivity contribution < 1.29 is 14.6 Å². The summed E-state index contributed by atoms with van der Waals surface area (Å²) in [5.74, 6) is 1.27. The largest absolute Gasteiger partial charge is 0.493 e. The van der Waals surface area contributed by atoms with E-state index in [0.717, 1.165) is 11.1 Å². The van der Waals surface area contributed by atoms with Crippen LogP contribution in [-0.2, 0) is 13.2 Å². The highest BCUT2D eigenvalue weighted by atomic mass is 35.5. The molecule has 6 heteroatoms. The van der Waals surface area contributed by atoms with Crippen LogP contribution in [0.2, 0.25) is 10.0 Å².